The van der Waals surface area contributed by atoms with Crippen molar-refractivity contribution in [3.8, 4) is 0 Å². The lowest BCUT2D eigenvalue weighted by Crippen LogP contribution is -2.50. The van der Waals surface area contributed by atoms with E-state index in [1.807, 2.05) is 20.8 Å². The predicted octanol–water partition coefficient (Wildman–Crippen LogP) is 1.42. The average Bonchev–Trinajstić information content (AvgIpc) is 2.57. The van der Waals surface area contributed by atoms with Gasteiger partial charge in [-0.05, 0) is 44.9 Å². The van der Waals surface area contributed by atoms with E-state index < -0.39 is 15.6 Å². The summed E-state index contributed by atoms with van der Waals surface area (Å²) in [5.41, 5.74) is 6.42. The Morgan fingerprint density at radius 3 is 2.68 bits per heavy atom. The van der Waals surface area contributed by atoms with Gasteiger partial charge in [-0.1, -0.05) is 6.07 Å². The standard InChI is InChI=1S/C13H20N2O3S/c1-9-4-5-12(11(14)8-9)19(16,17)15-13(3)6-7-18-10(13)2/h4-5,8,10,15H,6-7,14H2,1-3H3. The number of nitrogens with one attached hydrogen (secondary N) is 1. The highest BCUT2D eigenvalue weighted by Crippen LogP contribution is 2.28. The van der Waals surface area contributed by atoms with Gasteiger partial charge in [-0.2, -0.15) is 0 Å². The fraction of sp³-hybridized carbons (Fsp3) is 0.538. The van der Waals surface area contributed by atoms with Crippen LogP contribution in [0, 0.1) is 6.92 Å². The molecule has 5 nitrogen and oxygen atoms in total. The minimum absolute atomic E-state index is 0.124. The summed E-state index contributed by atoms with van der Waals surface area (Å²) in [4.78, 5) is 0.124. The number of sulfonamides is 1. The van der Waals surface area contributed by atoms with Crippen LogP contribution in [0.2, 0.25) is 0 Å². The van der Waals surface area contributed by atoms with E-state index in [4.69, 9.17) is 10.5 Å². The predicted molar refractivity (Wildman–Crippen MR) is 74.3 cm³/mol. The molecule has 6 heteroatoms. The van der Waals surface area contributed by atoms with E-state index in [0.29, 0.717) is 13.0 Å². The average molecular weight is 284 g/mol. The van der Waals surface area contributed by atoms with E-state index in [0.717, 1.165) is 5.56 Å². The van der Waals surface area contributed by atoms with Gasteiger partial charge in [0.15, 0.2) is 0 Å². The Bertz CT molecular complexity index is 586. The van der Waals surface area contributed by atoms with E-state index in [2.05, 4.69) is 4.72 Å². The Hall–Kier alpha value is -1.11. The third-order valence-electron chi connectivity index (χ3n) is 3.71. The first kappa shape index (κ1) is 14.3. The lowest BCUT2D eigenvalue weighted by molar-refractivity contribution is 0.0957. The molecular weight excluding hydrogens is 264 g/mol. The van der Waals surface area contributed by atoms with E-state index in [1.54, 1.807) is 12.1 Å². The maximum Gasteiger partial charge on any atom is 0.243 e. The Balaban J connectivity index is 2.33. The Kier molecular flexibility index (Phi) is 3.59. The molecule has 1 aromatic carbocycles. The highest BCUT2D eigenvalue weighted by molar-refractivity contribution is 7.89. The number of nitrogen functional groups attached to an aromatic ring is 1. The zero-order valence-corrected chi connectivity index (χ0v) is 12.3. The zero-order chi connectivity index (χ0) is 14.3. The van der Waals surface area contributed by atoms with E-state index in [1.165, 1.54) is 6.07 Å². The topological polar surface area (TPSA) is 81.4 Å². The number of aryl methyl sites for hydroxylation is 1. The highest BCUT2D eigenvalue weighted by Gasteiger charge is 2.40. The van der Waals surface area contributed by atoms with E-state index >= 15 is 0 Å². The molecule has 0 aliphatic carbocycles. The molecule has 106 valence electrons. The van der Waals surface area contributed by atoms with Gasteiger partial charge in [0.05, 0.1) is 17.3 Å². The van der Waals surface area contributed by atoms with Gasteiger partial charge in [0.1, 0.15) is 4.90 Å². The monoisotopic (exact) mass is 284 g/mol. The Morgan fingerprint density at radius 2 is 2.16 bits per heavy atom. The van der Waals surface area contributed by atoms with Crippen LogP contribution in [-0.4, -0.2) is 26.7 Å². The smallest absolute Gasteiger partial charge is 0.243 e. The molecule has 3 N–H and O–H groups in total. The van der Waals surface area contributed by atoms with Crippen LogP contribution in [0.15, 0.2) is 23.1 Å². The summed E-state index contributed by atoms with van der Waals surface area (Å²) in [5.74, 6) is 0. The molecule has 1 aromatic rings. The van der Waals surface area contributed by atoms with Crippen molar-refractivity contribution in [3.63, 3.8) is 0 Å². The van der Waals surface area contributed by atoms with E-state index in [-0.39, 0.29) is 16.7 Å². The lowest BCUT2D eigenvalue weighted by Gasteiger charge is -2.28. The van der Waals surface area contributed by atoms with Gasteiger partial charge >= 0.3 is 0 Å². The van der Waals surface area contributed by atoms with Crippen molar-refractivity contribution in [2.45, 2.75) is 43.7 Å². The molecule has 0 bridgehead atoms. The molecule has 2 unspecified atom stereocenters. The third-order valence-corrected chi connectivity index (χ3v) is 5.39. The summed E-state index contributed by atoms with van der Waals surface area (Å²) in [5, 5.41) is 0. The molecule has 0 saturated carbocycles. The number of hydrogen-bond acceptors (Lipinski definition) is 4. The molecule has 1 heterocycles. The number of anilines is 1. The first-order chi connectivity index (χ1) is 8.74. The maximum atomic E-state index is 12.4. The van der Waals surface area contributed by atoms with Gasteiger partial charge in [0.25, 0.3) is 0 Å². The third kappa shape index (κ3) is 2.75. The SMILES string of the molecule is Cc1ccc(S(=O)(=O)NC2(C)CCOC2C)c(N)c1. The van der Waals surface area contributed by atoms with Crippen LogP contribution >= 0.6 is 0 Å². The highest BCUT2D eigenvalue weighted by atomic mass is 32.2. The molecule has 1 saturated heterocycles. The minimum Gasteiger partial charge on any atom is -0.398 e. The van der Waals surface area contributed by atoms with Crippen molar-refractivity contribution in [1.82, 2.24) is 4.72 Å². The number of benzene rings is 1. The van der Waals surface area contributed by atoms with Crippen LogP contribution in [0.1, 0.15) is 25.8 Å². The van der Waals surface area contributed by atoms with Gasteiger partial charge < -0.3 is 10.5 Å². The molecule has 1 fully saturated rings. The van der Waals surface area contributed by atoms with Crippen molar-refractivity contribution in [2.24, 2.45) is 0 Å². The van der Waals surface area contributed by atoms with Crippen LogP contribution in [0.3, 0.4) is 0 Å². The van der Waals surface area contributed by atoms with Crippen LogP contribution < -0.4 is 10.5 Å². The van der Waals surface area contributed by atoms with Crippen molar-refractivity contribution < 1.29 is 13.2 Å². The molecule has 0 amide bonds. The van der Waals surface area contributed by atoms with Crippen molar-refractivity contribution >= 4 is 15.7 Å². The summed E-state index contributed by atoms with van der Waals surface area (Å²) in [7, 11) is -3.64. The molecule has 19 heavy (non-hydrogen) atoms. The second-order valence-corrected chi connectivity index (χ2v) is 6.98. The van der Waals surface area contributed by atoms with Crippen LogP contribution in [0.4, 0.5) is 5.69 Å². The summed E-state index contributed by atoms with van der Waals surface area (Å²) < 4.78 is 33.0. The number of rotatable bonds is 3. The fourth-order valence-electron chi connectivity index (χ4n) is 2.24. The van der Waals surface area contributed by atoms with Crippen LogP contribution in [-0.2, 0) is 14.8 Å². The summed E-state index contributed by atoms with van der Waals surface area (Å²) in [6, 6.07) is 4.93. The minimum atomic E-state index is -3.64. The fourth-order valence-corrected chi connectivity index (χ4v) is 3.85. The second kappa shape index (κ2) is 4.77. The molecule has 0 spiro atoms. The van der Waals surface area contributed by atoms with Crippen LogP contribution in [0.25, 0.3) is 0 Å². The molecular formula is C13H20N2O3S. The molecule has 0 radical (unpaired) electrons. The van der Waals surface area contributed by atoms with Gasteiger partial charge in [-0.3, -0.25) is 0 Å². The first-order valence-electron chi connectivity index (χ1n) is 6.26. The van der Waals surface area contributed by atoms with Gasteiger partial charge in [-0.15, -0.1) is 0 Å². The van der Waals surface area contributed by atoms with Crippen molar-refractivity contribution in [3.05, 3.63) is 23.8 Å². The Morgan fingerprint density at radius 1 is 1.47 bits per heavy atom. The summed E-state index contributed by atoms with van der Waals surface area (Å²) in [6.45, 7) is 6.15. The summed E-state index contributed by atoms with van der Waals surface area (Å²) in [6.07, 6.45) is 0.494. The molecule has 1 aliphatic rings. The summed E-state index contributed by atoms with van der Waals surface area (Å²) >= 11 is 0. The van der Waals surface area contributed by atoms with Gasteiger partial charge in [0, 0.05) is 6.61 Å². The number of hydrogen-bond donors (Lipinski definition) is 2. The number of nitrogens with two attached hydrogens (primary N) is 1. The van der Waals surface area contributed by atoms with Crippen molar-refractivity contribution in [1.29, 1.82) is 0 Å². The molecule has 0 aromatic heterocycles. The normalized spacial score (nSPS) is 27.6. The van der Waals surface area contributed by atoms with Crippen molar-refractivity contribution in [2.75, 3.05) is 12.3 Å². The largest absolute Gasteiger partial charge is 0.398 e. The van der Waals surface area contributed by atoms with Crippen LogP contribution in [0.5, 0.6) is 0 Å². The van der Waals surface area contributed by atoms with E-state index in [9.17, 15) is 8.42 Å². The Labute approximate surface area is 114 Å². The van der Waals surface area contributed by atoms with Gasteiger partial charge in [0.2, 0.25) is 10.0 Å². The zero-order valence-electron chi connectivity index (χ0n) is 11.4. The molecule has 2 rings (SSSR count). The molecule has 1 aliphatic heterocycles. The quantitative estimate of drug-likeness (QED) is 0.823. The molecule has 2 atom stereocenters. The lowest BCUT2D eigenvalue weighted by atomic mass is 9.97. The van der Waals surface area contributed by atoms with Gasteiger partial charge in [-0.25, -0.2) is 13.1 Å². The number of ether oxygens (including phenoxy) is 1. The first-order valence-corrected chi connectivity index (χ1v) is 7.75. The second-order valence-electron chi connectivity index (χ2n) is 5.33. The maximum absolute atomic E-state index is 12.4.